The number of carboxylic acid groups (broad SMARTS) is 1. The van der Waals surface area contributed by atoms with E-state index in [2.05, 4.69) is 19.2 Å². The summed E-state index contributed by atoms with van der Waals surface area (Å²) < 4.78 is 4.76. The van der Waals surface area contributed by atoms with Gasteiger partial charge in [-0.05, 0) is 32.4 Å². The zero-order valence-corrected chi connectivity index (χ0v) is 12.0. The summed E-state index contributed by atoms with van der Waals surface area (Å²) in [6.45, 7) is 6.55. The first-order valence-electron chi connectivity index (χ1n) is 5.99. The number of ether oxygens (including phenoxy) is 1. The molecule has 0 saturated carbocycles. The van der Waals surface area contributed by atoms with Crippen molar-refractivity contribution in [1.29, 1.82) is 0 Å². The summed E-state index contributed by atoms with van der Waals surface area (Å²) in [7, 11) is 3.66. The van der Waals surface area contributed by atoms with Gasteiger partial charge >= 0.3 is 6.16 Å². The Morgan fingerprint density at radius 2 is 2.18 bits per heavy atom. The van der Waals surface area contributed by atoms with E-state index in [1.54, 1.807) is 0 Å². The summed E-state index contributed by atoms with van der Waals surface area (Å²) in [6, 6.07) is 0. The van der Waals surface area contributed by atoms with E-state index in [1.165, 1.54) is 0 Å². The first-order chi connectivity index (χ1) is 8.08. The normalized spacial score (nSPS) is 20.8. The van der Waals surface area contributed by atoms with Crippen molar-refractivity contribution in [2.75, 3.05) is 19.7 Å². The maximum Gasteiger partial charge on any atom is 0.505 e. The molecule has 1 saturated heterocycles. The van der Waals surface area contributed by atoms with Crippen LogP contribution in [0.15, 0.2) is 0 Å². The molecule has 0 aromatic heterocycles. The van der Waals surface area contributed by atoms with Crippen molar-refractivity contribution in [1.82, 2.24) is 5.32 Å². The number of carbonyl (C=O) groups is 1. The summed E-state index contributed by atoms with van der Waals surface area (Å²) >= 11 is 0. The molecule has 2 N–H and O–H groups in total. The molecule has 1 aliphatic heterocycles. The third-order valence-electron chi connectivity index (χ3n) is 2.94. The highest BCUT2D eigenvalue weighted by atomic mass is 33.1. The fourth-order valence-electron chi connectivity index (χ4n) is 1.58. The van der Waals surface area contributed by atoms with E-state index in [9.17, 15) is 4.79 Å². The minimum atomic E-state index is -1.17. The number of hydrogen-bond donors (Lipinski definition) is 2. The molecule has 1 aliphatic rings. The van der Waals surface area contributed by atoms with Crippen LogP contribution in [-0.2, 0) is 4.74 Å². The van der Waals surface area contributed by atoms with E-state index in [-0.39, 0.29) is 4.75 Å². The Labute approximate surface area is 111 Å². The Bertz CT molecular complexity index is 245. The molecule has 1 unspecified atom stereocenters. The van der Waals surface area contributed by atoms with E-state index >= 15 is 0 Å². The fourth-order valence-corrected chi connectivity index (χ4v) is 4.72. The quantitative estimate of drug-likeness (QED) is 0.576. The molecule has 1 heterocycles. The lowest BCUT2D eigenvalue weighted by Crippen LogP contribution is -2.42. The van der Waals surface area contributed by atoms with Crippen LogP contribution in [0.4, 0.5) is 4.79 Å². The van der Waals surface area contributed by atoms with Crippen molar-refractivity contribution < 1.29 is 14.6 Å². The van der Waals surface area contributed by atoms with Crippen LogP contribution in [0.2, 0.25) is 0 Å². The van der Waals surface area contributed by atoms with Crippen molar-refractivity contribution in [3.8, 4) is 0 Å². The number of piperidine rings is 1. The first-order valence-corrected chi connectivity index (χ1v) is 8.20. The highest BCUT2D eigenvalue weighted by molar-refractivity contribution is 8.77. The van der Waals surface area contributed by atoms with Gasteiger partial charge in [0, 0.05) is 5.25 Å². The third-order valence-corrected chi connectivity index (χ3v) is 6.91. The van der Waals surface area contributed by atoms with Crippen LogP contribution in [0.5, 0.6) is 0 Å². The van der Waals surface area contributed by atoms with Crippen LogP contribution >= 0.6 is 21.6 Å². The molecule has 0 aromatic rings. The lowest BCUT2D eigenvalue weighted by atomic mass is 9.98. The molecule has 0 amide bonds. The van der Waals surface area contributed by atoms with Gasteiger partial charge in [0.05, 0.1) is 4.75 Å². The van der Waals surface area contributed by atoms with Crippen molar-refractivity contribution in [2.24, 2.45) is 0 Å². The number of rotatable bonds is 6. The number of hydrogen-bond acceptors (Lipinski definition) is 5. The molecule has 0 spiro atoms. The molecule has 0 aliphatic carbocycles. The van der Waals surface area contributed by atoms with Gasteiger partial charge in [0.25, 0.3) is 0 Å². The van der Waals surface area contributed by atoms with E-state index in [0.29, 0.717) is 11.9 Å². The minimum Gasteiger partial charge on any atom is -0.450 e. The van der Waals surface area contributed by atoms with Crippen LogP contribution in [-0.4, -0.2) is 41.0 Å². The second kappa shape index (κ2) is 7.38. The van der Waals surface area contributed by atoms with Crippen LogP contribution in [0.25, 0.3) is 0 Å². The van der Waals surface area contributed by atoms with Crippen LogP contribution in [0.1, 0.15) is 33.1 Å². The Morgan fingerprint density at radius 3 is 2.71 bits per heavy atom. The third kappa shape index (κ3) is 5.40. The average molecular weight is 279 g/mol. The van der Waals surface area contributed by atoms with Gasteiger partial charge in [0.2, 0.25) is 0 Å². The molecule has 4 nitrogen and oxygen atoms in total. The van der Waals surface area contributed by atoms with E-state index in [0.717, 1.165) is 32.4 Å². The van der Waals surface area contributed by atoms with Crippen molar-refractivity contribution in [2.45, 2.75) is 43.1 Å². The smallest absolute Gasteiger partial charge is 0.450 e. The maximum absolute atomic E-state index is 10.5. The molecule has 1 fully saturated rings. The van der Waals surface area contributed by atoms with Gasteiger partial charge in [-0.15, -0.1) is 0 Å². The predicted octanol–water partition coefficient (Wildman–Crippen LogP) is 2.98. The van der Waals surface area contributed by atoms with Gasteiger partial charge in [0.1, 0.15) is 6.61 Å². The zero-order valence-electron chi connectivity index (χ0n) is 10.4. The molecule has 0 bridgehead atoms. The highest BCUT2D eigenvalue weighted by Crippen LogP contribution is 2.44. The first kappa shape index (κ1) is 15.0. The monoisotopic (exact) mass is 279 g/mol. The van der Waals surface area contributed by atoms with E-state index < -0.39 is 6.16 Å². The van der Waals surface area contributed by atoms with Gasteiger partial charge in [-0.25, -0.2) is 4.79 Å². The molecule has 17 heavy (non-hydrogen) atoms. The molecule has 0 radical (unpaired) electrons. The van der Waals surface area contributed by atoms with E-state index in [4.69, 9.17) is 9.84 Å². The zero-order chi connectivity index (χ0) is 12.7. The van der Waals surface area contributed by atoms with Gasteiger partial charge in [-0.2, -0.15) is 0 Å². The maximum atomic E-state index is 10.5. The lowest BCUT2D eigenvalue weighted by Gasteiger charge is -2.36. The second-order valence-electron chi connectivity index (χ2n) is 4.39. The van der Waals surface area contributed by atoms with Crippen molar-refractivity contribution >= 4 is 27.7 Å². The summed E-state index contributed by atoms with van der Waals surface area (Å²) in [4.78, 5) is 10.5. The molecule has 0 aromatic carbocycles. The van der Waals surface area contributed by atoms with Crippen LogP contribution < -0.4 is 5.32 Å². The molecule has 1 atom stereocenters. The molecular weight excluding hydrogens is 258 g/mol. The summed E-state index contributed by atoms with van der Waals surface area (Å²) in [5.74, 6) is 0. The van der Waals surface area contributed by atoms with Gasteiger partial charge < -0.3 is 15.2 Å². The van der Waals surface area contributed by atoms with Crippen LogP contribution in [0.3, 0.4) is 0 Å². The molecule has 1 rings (SSSR count). The topological polar surface area (TPSA) is 58.6 Å². The Hall–Kier alpha value is -0.0700. The fraction of sp³-hybridized carbons (Fsp3) is 0.909. The van der Waals surface area contributed by atoms with Gasteiger partial charge in [0.15, 0.2) is 0 Å². The standard InChI is InChI=1S/C11H21NO3S2/c1-3-9(2)16-17-11(8-15-10(13)14)4-6-12-7-5-11/h9,12H,3-8H2,1-2H3,(H,13,14). The summed E-state index contributed by atoms with van der Waals surface area (Å²) in [6.07, 6.45) is 1.89. The average Bonchev–Trinajstić information content (AvgIpc) is 2.35. The van der Waals surface area contributed by atoms with Gasteiger partial charge in [-0.3, -0.25) is 0 Å². The van der Waals surface area contributed by atoms with Gasteiger partial charge in [-0.1, -0.05) is 35.4 Å². The number of nitrogens with one attached hydrogen (secondary N) is 1. The summed E-state index contributed by atoms with van der Waals surface area (Å²) in [5.41, 5.74) is 0. The predicted molar refractivity (Wildman–Crippen MR) is 73.7 cm³/mol. The Morgan fingerprint density at radius 1 is 1.53 bits per heavy atom. The largest absolute Gasteiger partial charge is 0.505 e. The highest BCUT2D eigenvalue weighted by Gasteiger charge is 2.35. The molecule has 100 valence electrons. The van der Waals surface area contributed by atoms with Crippen molar-refractivity contribution in [3.63, 3.8) is 0 Å². The van der Waals surface area contributed by atoms with Crippen LogP contribution in [0, 0.1) is 0 Å². The Balaban J connectivity index is 2.48. The van der Waals surface area contributed by atoms with Crippen molar-refractivity contribution in [3.05, 3.63) is 0 Å². The minimum absolute atomic E-state index is 0.0439. The molecule has 6 heteroatoms. The lowest BCUT2D eigenvalue weighted by molar-refractivity contribution is 0.0782. The van der Waals surface area contributed by atoms with E-state index in [1.807, 2.05) is 21.6 Å². The Kier molecular flexibility index (Phi) is 6.51. The molecular formula is C11H21NO3S2. The summed E-state index contributed by atoms with van der Waals surface area (Å²) in [5, 5.41) is 12.5. The second-order valence-corrected chi connectivity index (χ2v) is 7.49. The SMILES string of the molecule is CCC(C)SSC1(COC(=O)O)CCNCC1.